The van der Waals surface area contributed by atoms with Gasteiger partial charge in [0, 0.05) is 58.0 Å². The van der Waals surface area contributed by atoms with E-state index in [9.17, 15) is 4.79 Å². The Labute approximate surface area is 163 Å². The zero-order valence-electron chi connectivity index (χ0n) is 16.9. The summed E-state index contributed by atoms with van der Waals surface area (Å²) in [6, 6.07) is 6.71. The fraction of sp³-hybridized carbons (Fsp3) is 0.667. The maximum atomic E-state index is 12.5. The van der Waals surface area contributed by atoms with E-state index in [-0.39, 0.29) is 6.03 Å². The standard InChI is InChI=1S/C21H34N4O2/c1-3-18-6-5-7-19(4-2)20(18)24-10-12-25(13-11-24)21(26)22-8-9-23-14-16-27-17-15-23/h5-7H,3-4,8-17H2,1-2H3,(H,22,26). The van der Waals surface area contributed by atoms with Crippen LogP contribution in [0, 0.1) is 0 Å². The zero-order chi connectivity index (χ0) is 19.1. The largest absolute Gasteiger partial charge is 0.379 e. The Morgan fingerprint density at radius 1 is 1.00 bits per heavy atom. The predicted octanol–water partition coefficient (Wildman–Crippen LogP) is 1.98. The van der Waals surface area contributed by atoms with Gasteiger partial charge in [-0.25, -0.2) is 4.79 Å². The highest BCUT2D eigenvalue weighted by atomic mass is 16.5. The molecule has 27 heavy (non-hydrogen) atoms. The molecule has 6 nitrogen and oxygen atoms in total. The topological polar surface area (TPSA) is 48.0 Å². The van der Waals surface area contributed by atoms with E-state index in [4.69, 9.17) is 4.74 Å². The van der Waals surface area contributed by atoms with E-state index in [1.54, 1.807) is 0 Å². The van der Waals surface area contributed by atoms with Crippen LogP contribution in [0.3, 0.4) is 0 Å². The number of aryl methyl sites for hydroxylation is 2. The lowest BCUT2D eigenvalue weighted by molar-refractivity contribution is 0.0386. The van der Waals surface area contributed by atoms with Crippen molar-refractivity contribution in [2.75, 3.05) is 70.5 Å². The van der Waals surface area contributed by atoms with Crippen LogP contribution in [0.5, 0.6) is 0 Å². The highest BCUT2D eigenvalue weighted by Crippen LogP contribution is 2.27. The number of carbonyl (C=O) groups is 1. The van der Waals surface area contributed by atoms with Gasteiger partial charge in [0.25, 0.3) is 0 Å². The van der Waals surface area contributed by atoms with E-state index >= 15 is 0 Å². The molecule has 2 amide bonds. The molecule has 1 aromatic rings. The van der Waals surface area contributed by atoms with Crippen LogP contribution < -0.4 is 10.2 Å². The highest BCUT2D eigenvalue weighted by molar-refractivity contribution is 5.74. The molecule has 2 saturated heterocycles. The molecular formula is C21H34N4O2. The Hall–Kier alpha value is -1.79. The summed E-state index contributed by atoms with van der Waals surface area (Å²) in [5.41, 5.74) is 4.23. The molecule has 0 unspecified atom stereocenters. The van der Waals surface area contributed by atoms with Crippen LogP contribution in [-0.4, -0.2) is 81.4 Å². The van der Waals surface area contributed by atoms with E-state index in [0.29, 0.717) is 6.54 Å². The number of piperazine rings is 1. The molecule has 2 heterocycles. The highest BCUT2D eigenvalue weighted by Gasteiger charge is 2.23. The Bertz CT molecular complexity index is 586. The van der Waals surface area contributed by atoms with Crippen molar-refractivity contribution in [3.05, 3.63) is 29.3 Å². The van der Waals surface area contributed by atoms with Crippen LogP contribution in [0.15, 0.2) is 18.2 Å². The van der Waals surface area contributed by atoms with Crippen LogP contribution in [-0.2, 0) is 17.6 Å². The molecule has 0 aromatic heterocycles. The summed E-state index contributed by atoms with van der Waals surface area (Å²) >= 11 is 0. The Morgan fingerprint density at radius 2 is 1.63 bits per heavy atom. The minimum absolute atomic E-state index is 0.0717. The van der Waals surface area contributed by atoms with Gasteiger partial charge >= 0.3 is 6.03 Å². The fourth-order valence-corrected chi connectivity index (χ4v) is 4.01. The van der Waals surface area contributed by atoms with Crippen molar-refractivity contribution in [2.24, 2.45) is 0 Å². The van der Waals surface area contributed by atoms with Crippen LogP contribution >= 0.6 is 0 Å². The van der Waals surface area contributed by atoms with Crippen molar-refractivity contribution in [2.45, 2.75) is 26.7 Å². The molecule has 0 aliphatic carbocycles. The monoisotopic (exact) mass is 374 g/mol. The summed E-state index contributed by atoms with van der Waals surface area (Å²) in [6.07, 6.45) is 2.09. The van der Waals surface area contributed by atoms with Gasteiger partial charge in [-0.1, -0.05) is 32.0 Å². The number of ether oxygens (including phenoxy) is 1. The van der Waals surface area contributed by atoms with Crippen molar-refractivity contribution < 1.29 is 9.53 Å². The maximum absolute atomic E-state index is 12.5. The molecule has 0 bridgehead atoms. The molecule has 150 valence electrons. The van der Waals surface area contributed by atoms with E-state index in [1.165, 1.54) is 16.8 Å². The molecule has 2 aliphatic heterocycles. The molecule has 1 aromatic carbocycles. The number of benzene rings is 1. The third kappa shape index (κ3) is 5.14. The molecule has 6 heteroatoms. The molecule has 0 saturated carbocycles. The molecule has 2 aliphatic rings. The number of urea groups is 1. The quantitative estimate of drug-likeness (QED) is 0.827. The number of anilines is 1. The van der Waals surface area contributed by atoms with E-state index in [1.807, 2.05) is 4.90 Å². The van der Waals surface area contributed by atoms with E-state index in [0.717, 1.165) is 71.9 Å². The lowest BCUT2D eigenvalue weighted by Crippen LogP contribution is -2.53. The number of nitrogens with one attached hydrogen (secondary N) is 1. The summed E-state index contributed by atoms with van der Waals surface area (Å²) in [5, 5.41) is 3.09. The Balaban J connectivity index is 1.48. The smallest absolute Gasteiger partial charge is 0.317 e. The predicted molar refractivity (Wildman–Crippen MR) is 110 cm³/mol. The first kappa shape index (κ1) is 20.0. The average Bonchev–Trinajstić information content (AvgIpc) is 2.74. The first-order valence-electron chi connectivity index (χ1n) is 10.4. The van der Waals surface area contributed by atoms with Crippen LogP contribution in [0.25, 0.3) is 0 Å². The van der Waals surface area contributed by atoms with Gasteiger partial charge in [-0.15, -0.1) is 0 Å². The van der Waals surface area contributed by atoms with E-state index in [2.05, 4.69) is 47.2 Å². The molecule has 0 spiro atoms. The lowest BCUT2D eigenvalue weighted by atomic mass is 10.0. The van der Waals surface area contributed by atoms with Gasteiger partial charge in [-0.05, 0) is 24.0 Å². The maximum Gasteiger partial charge on any atom is 0.317 e. The Kier molecular flexibility index (Phi) is 7.35. The van der Waals surface area contributed by atoms with Crippen molar-refractivity contribution >= 4 is 11.7 Å². The normalized spacial score (nSPS) is 18.6. The van der Waals surface area contributed by atoms with Crippen molar-refractivity contribution in [3.63, 3.8) is 0 Å². The van der Waals surface area contributed by atoms with Crippen LogP contribution in [0.2, 0.25) is 0 Å². The molecule has 0 atom stereocenters. The molecule has 3 rings (SSSR count). The van der Waals surface area contributed by atoms with Crippen molar-refractivity contribution in [1.82, 2.24) is 15.1 Å². The number of amides is 2. The second-order valence-corrected chi connectivity index (χ2v) is 7.29. The zero-order valence-corrected chi connectivity index (χ0v) is 16.9. The first-order valence-corrected chi connectivity index (χ1v) is 10.4. The fourth-order valence-electron chi connectivity index (χ4n) is 4.01. The minimum Gasteiger partial charge on any atom is -0.379 e. The molecule has 2 fully saturated rings. The van der Waals surface area contributed by atoms with Gasteiger partial charge in [0.1, 0.15) is 0 Å². The second-order valence-electron chi connectivity index (χ2n) is 7.29. The third-order valence-corrected chi connectivity index (χ3v) is 5.66. The molecule has 1 N–H and O–H groups in total. The first-order chi connectivity index (χ1) is 13.2. The number of morpholine rings is 1. The molecular weight excluding hydrogens is 340 g/mol. The van der Waals surface area contributed by atoms with Crippen molar-refractivity contribution in [1.29, 1.82) is 0 Å². The van der Waals surface area contributed by atoms with E-state index < -0.39 is 0 Å². The van der Waals surface area contributed by atoms with Gasteiger partial charge in [0.15, 0.2) is 0 Å². The number of rotatable bonds is 6. The average molecular weight is 375 g/mol. The summed E-state index contributed by atoms with van der Waals surface area (Å²) < 4.78 is 5.36. The lowest BCUT2D eigenvalue weighted by Gasteiger charge is -2.38. The van der Waals surface area contributed by atoms with Crippen LogP contribution in [0.4, 0.5) is 10.5 Å². The SMILES string of the molecule is CCc1cccc(CC)c1N1CCN(C(=O)NCCN2CCOCC2)CC1. The van der Waals surface area contributed by atoms with Crippen LogP contribution in [0.1, 0.15) is 25.0 Å². The number of hydrogen-bond acceptors (Lipinski definition) is 4. The summed E-state index contributed by atoms with van der Waals surface area (Å²) in [6.45, 7) is 12.9. The second kappa shape index (κ2) is 9.95. The number of nitrogens with zero attached hydrogens (tertiary/aromatic N) is 3. The van der Waals surface area contributed by atoms with Crippen molar-refractivity contribution in [3.8, 4) is 0 Å². The minimum atomic E-state index is 0.0717. The summed E-state index contributed by atoms with van der Waals surface area (Å²) in [5.74, 6) is 0. The summed E-state index contributed by atoms with van der Waals surface area (Å²) in [4.78, 5) is 19.2. The van der Waals surface area contributed by atoms with Gasteiger partial charge in [0.05, 0.1) is 13.2 Å². The van der Waals surface area contributed by atoms with Gasteiger partial charge in [-0.2, -0.15) is 0 Å². The number of carbonyl (C=O) groups excluding carboxylic acids is 1. The summed E-state index contributed by atoms with van der Waals surface area (Å²) in [7, 11) is 0. The number of hydrogen-bond donors (Lipinski definition) is 1. The third-order valence-electron chi connectivity index (χ3n) is 5.66. The number of para-hydroxylation sites is 1. The van der Waals surface area contributed by atoms with Gasteiger partial charge in [0.2, 0.25) is 0 Å². The van der Waals surface area contributed by atoms with Gasteiger partial charge in [-0.3, -0.25) is 4.90 Å². The molecule has 0 radical (unpaired) electrons. The van der Waals surface area contributed by atoms with Gasteiger partial charge < -0.3 is 19.9 Å². The Morgan fingerprint density at radius 3 is 2.22 bits per heavy atom.